The van der Waals surface area contributed by atoms with E-state index >= 15 is 0 Å². The Bertz CT molecular complexity index is 679. The summed E-state index contributed by atoms with van der Waals surface area (Å²) in [5, 5.41) is 3.71. The van der Waals surface area contributed by atoms with Gasteiger partial charge >= 0.3 is 0 Å². The van der Waals surface area contributed by atoms with Crippen LogP contribution in [0.15, 0.2) is 47.4 Å². The molecule has 0 heterocycles. The molecule has 6 heteroatoms. The molecule has 1 N–H and O–H groups in total. The minimum Gasteiger partial charge on any atom is -0.479 e. The third kappa shape index (κ3) is 4.57. The molecule has 3 nitrogen and oxygen atoms in total. The highest BCUT2D eigenvalue weighted by Crippen LogP contribution is 2.28. The molecular formula is C16H15Cl2NO2S. The summed E-state index contributed by atoms with van der Waals surface area (Å²) < 4.78 is 5.58. The summed E-state index contributed by atoms with van der Waals surface area (Å²) in [5.41, 5.74) is 0.731. The van der Waals surface area contributed by atoms with Crippen LogP contribution in [0.3, 0.4) is 0 Å². The Balaban J connectivity index is 2.02. The van der Waals surface area contributed by atoms with E-state index in [4.69, 9.17) is 27.9 Å². The molecule has 0 aliphatic carbocycles. The SMILES string of the molecule is CSc1cccc(NC(=O)[C@@H](C)Oc2ccc(Cl)cc2Cl)c1. The summed E-state index contributed by atoms with van der Waals surface area (Å²) in [6.07, 6.45) is 1.30. The van der Waals surface area contributed by atoms with Crippen LogP contribution in [0.1, 0.15) is 6.92 Å². The van der Waals surface area contributed by atoms with Crippen LogP contribution in [0.25, 0.3) is 0 Å². The Morgan fingerprint density at radius 3 is 2.68 bits per heavy atom. The van der Waals surface area contributed by atoms with Gasteiger partial charge in [0, 0.05) is 15.6 Å². The maximum Gasteiger partial charge on any atom is 0.265 e. The number of hydrogen-bond acceptors (Lipinski definition) is 3. The number of thioether (sulfide) groups is 1. The van der Waals surface area contributed by atoms with Gasteiger partial charge < -0.3 is 10.1 Å². The van der Waals surface area contributed by atoms with E-state index in [-0.39, 0.29) is 5.91 Å². The molecule has 116 valence electrons. The Hall–Kier alpha value is -1.36. The van der Waals surface area contributed by atoms with Crippen LogP contribution in [0.2, 0.25) is 10.0 Å². The van der Waals surface area contributed by atoms with Crippen molar-refractivity contribution >= 4 is 46.6 Å². The van der Waals surface area contributed by atoms with Crippen molar-refractivity contribution in [1.82, 2.24) is 0 Å². The number of halogens is 2. The van der Waals surface area contributed by atoms with Gasteiger partial charge in [0.15, 0.2) is 6.10 Å². The first-order valence-corrected chi connectivity index (χ1v) is 8.54. The predicted molar refractivity (Wildman–Crippen MR) is 93.4 cm³/mol. The molecule has 0 saturated heterocycles. The fourth-order valence-electron chi connectivity index (χ4n) is 1.76. The van der Waals surface area contributed by atoms with E-state index in [1.807, 2.05) is 30.5 Å². The molecule has 1 atom stereocenters. The van der Waals surface area contributed by atoms with Crippen LogP contribution < -0.4 is 10.1 Å². The van der Waals surface area contributed by atoms with Gasteiger partial charge in [0.05, 0.1) is 5.02 Å². The Kier molecular flexibility index (Phi) is 6.00. The van der Waals surface area contributed by atoms with Crippen molar-refractivity contribution in [3.05, 3.63) is 52.5 Å². The lowest BCUT2D eigenvalue weighted by Crippen LogP contribution is -2.30. The zero-order valence-corrected chi connectivity index (χ0v) is 14.4. The number of nitrogens with one attached hydrogen (secondary N) is 1. The molecule has 1 amide bonds. The zero-order valence-electron chi connectivity index (χ0n) is 12.1. The number of carbonyl (C=O) groups is 1. The second-order valence-electron chi connectivity index (χ2n) is 4.56. The highest BCUT2D eigenvalue weighted by Gasteiger charge is 2.16. The minimum absolute atomic E-state index is 0.246. The van der Waals surface area contributed by atoms with Crippen LogP contribution in [-0.4, -0.2) is 18.3 Å². The number of rotatable bonds is 5. The summed E-state index contributed by atoms with van der Waals surface area (Å²) >= 11 is 13.5. The number of ether oxygens (including phenoxy) is 1. The monoisotopic (exact) mass is 355 g/mol. The van der Waals surface area contributed by atoms with Gasteiger partial charge in [-0.15, -0.1) is 11.8 Å². The predicted octanol–water partition coefficient (Wildman–Crippen LogP) is 5.12. The molecule has 0 aliphatic rings. The van der Waals surface area contributed by atoms with Crippen molar-refractivity contribution in [2.45, 2.75) is 17.9 Å². The Morgan fingerprint density at radius 1 is 1.23 bits per heavy atom. The third-order valence-corrected chi connectivity index (χ3v) is 4.16. The van der Waals surface area contributed by atoms with Gasteiger partial charge in [0.25, 0.3) is 5.91 Å². The molecule has 22 heavy (non-hydrogen) atoms. The third-order valence-electron chi connectivity index (χ3n) is 2.90. The molecule has 2 rings (SSSR count). The normalized spacial score (nSPS) is 11.8. The van der Waals surface area contributed by atoms with Gasteiger partial charge in [-0.05, 0) is 49.6 Å². The average Bonchev–Trinajstić information content (AvgIpc) is 2.50. The van der Waals surface area contributed by atoms with E-state index in [2.05, 4.69) is 5.32 Å². The van der Waals surface area contributed by atoms with Crippen LogP contribution in [0.5, 0.6) is 5.75 Å². The van der Waals surface area contributed by atoms with Crippen LogP contribution in [-0.2, 0) is 4.79 Å². The van der Waals surface area contributed by atoms with E-state index in [1.165, 1.54) is 0 Å². The molecule has 0 saturated carbocycles. The minimum atomic E-state index is -0.684. The van der Waals surface area contributed by atoms with Gasteiger partial charge in [0.2, 0.25) is 0 Å². The Morgan fingerprint density at radius 2 is 2.00 bits per heavy atom. The molecular weight excluding hydrogens is 341 g/mol. The van der Waals surface area contributed by atoms with Crippen LogP contribution in [0.4, 0.5) is 5.69 Å². The molecule has 2 aromatic carbocycles. The van der Waals surface area contributed by atoms with E-state index < -0.39 is 6.10 Å². The van der Waals surface area contributed by atoms with E-state index in [0.717, 1.165) is 10.6 Å². The van der Waals surface area contributed by atoms with Gasteiger partial charge in [0.1, 0.15) is 5.75 Å². The van der Waals surface area contributed by atoms with Gasteiger partial charge in [-0.2, -0.15) is 0 Å². The summed E-state index contributed by atoms with van der Waals surface area (Å²) in [6, 6.07) is 12.5. The molecule has 0 aliphatic heterocycles. The van der Waals surface area contributed by atoms with Gasteiger partial charge in [-0.25, -0.2) is 0 Å². The zero-order chi connectivity index (χ0) is 16.1. The molecule has 0 aromatic heterocycles. The van der Waals surface area contributed by atoms with Crippen molar-refractivity contribution in [3.8, 4) is 5.75 Å². The lowest BCUT2D eigenvalue weighted by atomic mass is 10.3. The lowest BCUT2D eigenvalue weighted by molar-refractivity contribution is -0.122. The molecule has 0 spiro atoms. The van der Waals surface area contributed by atoms with Crippen molar-refractivity contribution in [3.63, 3.8) is 0 Å². The summed E-state index contributed by atoms with van der Waals surface area (Å²) in [4.78, 5) is 13.3. The lowest BCUT2D eigenvalue weighted by Gasteiger charge is -2.16. The second kappa shape index (κ2) is 7.77. The average molecular weight is 356 g/mol. The van der Waals surface area contributed by atoms with E-state index in [9.17, 15) is 4.79 Å². The van der Waals surface area contributed by atoms with Crippen molar-refractivity contribution < 1.29 is 9.53 Å². The fourth-order valence-corrected chi connectivity index (χ4v) is 2.67. The van der Waals surface area contributed by atoms with Gasteiger partial charge in [-0.1, -0.05) is 29.3 Å². The highest BCUT2D eigenvalue weighted by molar-refractivity contribution is 7.98. The molecule has 0 radical (unpaired) electrons. The standard InChI is InChI=1S/C16H15Cl2NO2S/c1-10(21-15-7-6-11(17)8-14(15)18)16(20)19-12-4-3-5-13(9-12)22-2/h3-10H,1-2H3,(H,19,20)/t10-/m1/s1. The summed E-state index contributed by atoms with van der Waals surface area (Å²) in [5.74, 6) is 0.177. The Labute approximate surface area is 144 Å². The second-order valence-corrected chi connectivity index (χ2v) is 6.28. The topological polar surface area (TPSA) is 38.3 Å². The van der Waals surface area contributed by atoms with Crippen molar-refractivity contribution in [2.75, 3.05) is 11.6 Å². The van der Waals surface area contributed by atoms with Crippen molar-refractivity contribution in [2.24, 2.45) is 0 Å². The van der Waals surface area contributed by atoms with Crippen molar-refractivity contribution in [1.29, 1.82) is 0 Å². The number of anilines is 1. The van der Waals surface area contributed by atoms with Crippen LogP contribution in [0, 0.1) is 0 Å². The van der Waals surface area contributed by atoms with E-state index in [0.29, 0.717) is 15.8 Å². The largest absolute Gasteiger partial charge is 0.479 e. The fraction of sp³-hybridized carbons (Fsp3) is 0.188. The molecule has 0 bridgehead atoms. The molecule has 0 unspecified atom stereocenters. The number of amides is 1. The summed E-state index contributed by atoms with van der Waals surface area (Å²) in [6.45, 7) is 1.67. The molecule has 2 aromatic rings. The molecule has 0 fully saturated rings. The maximum atomic E-state index is 12.2. The number of hydrogen-bond donors (Lipinski definition) is 1. The van der Waals surface area contributed by atoms with Gasteiger partial charge in [-0.3, -0.25) is 4.79 Å². The first kappa shape index (κ1) is 17.0. The number of carbonyl (C=O) groups excluding carboxylic acids is 1. The highest BCUT2D eigenvalue weighted by atomic mass is 35.5. The smallest absolute Gasteiger partial charge is 0.265 e. The van der Waals surface area contributed by atoms with Crippen LogP contribution >= 0.6 is 35.0 Å². The first-order chi connectivity index (χ1) is 10.5. The van der Waals surface area contributed by atoms with E-state index in [1.54, 1.807) is 36.9 Å². The number of benzene rings is 2. The maximum absolute atomic E-state index is 12.2. The quantitative estimate of drug-likeness (QED) is 0.756. The first-order valence-electron chi connectivity index (χ1n) is 6.56. The summed E-state index contributed by atoms with van der Waals surface area (Å²) in [7, 11) is 0.